The number of aromatic nitrogens is 2. The van der Waals surface area contributed by atoms with Crippen LogP contribution in [0.5, 0.6) is 0 Å². The molecule has 0 spiro atoms. The Morgan fingerprint density at radius 3 is 2.12 bits per heavy atom. The highest BCUT2D eigenvalue weighted by molar-refractivity contribution is 6.05. The molecule has 4 saturated carbocycles. The van der Waals surface area contributed by atoms with Crippen LogP contribution in [-0.4, -0.2) is 21.7 Å². The monoisotopic (exact) mass is 427 g/mol. The SMILES string of the molecule is C[C@@H](NC(=O)c1nn(-c2ccccc2)c(=O)c2ccccc12)C12CC3CC(CC(C3)C1)C2. The second kappa shape index (κ2) is 7.29. The van der Waals surface area contributed by atoms with E-state index in [-0.39, 0.29) is 22.9 Å². The number of fused-ring (bicyclic) bond motifs is 1. The third-order valence-corrected chi connectivity index (χ3v) is 8.37. The van der Waals surface area contributed by atoms with E-state index in [2.05, 4.69) is 17.3 Å². The summed E-state index contributed by atoms with van der Waals surface area (Å²) in [4.78, 5) is 26.7. The number of hydrogen-bond donors (Lipinski definition) is 1. The van der Waals surface area contributed by atoms with Gasteiger partial charge < -0.3 is 5.32 Å². The van der Waals surface area contributed by atoms with Crippen LogP contribution < -0.4 is 10.9 Å². The lowest BCUT2D eigenvalue weighted by molar-refractivity contribution is -0.0688. The van der Waals surface area contributed by atoms with Gasteiger partial charge in [0.1, 0.15) is 0 Å². The van der Waals surface area contributed by atoms with Crippen molar-refractivity contribution in [1.82, 2.24) is 15.1 Å². The summed E-state index contributed by atoms with van der Waals surface area (Å²) in [6, 6.07) is 16.7. The minimum atomic E-state index is -0.211. The summed E-state index contributed by atoms with van der Waals surface area (Å²) in [5.74, 6) is 2.31. The number of amides is 1. The summed E-state index contributed by atoms with van der Waals surface area (Å²) in [5, 5.41) is 9.01. The van der Waals surface area contributed by atoms with Crippen molar-refractivity contribution in [2.24, 2.45) is 23.2 Å². The number of carbonyl (C=O) groups is 1. The fourth-order valence-corrected chi connectivity index (χ4v) is 7.23. The highest BCUT2D eigenvalue weighted by atomic mass is 16.2. The second-order valence-corrected chi connectivity index (χ2v) is 10.4. The molecule has 32 heavy (non-hydrogen) atoms. The molecule has 5 nitrogen and oxygen atoms in total. The summed E-state index contributed by atoms with van der Waals surface area (Å²) in [6.07, 6.45) is 7.85. The van der Waals surface area contributed by atoms with Gasteiger partial charge in [0, 0.05) is 11.4 Å². The zero-order valence-corrected chi connectivity index (χ0v) is 18.5. The largest absolute Gasteiger partial charge is 0.348 e. The van der Waals surface area contributed by atoms with Gasteiger partial charge in [-0.3, -0.25) is 9.59 Å². The van der Waals surface area contributed by atoms with E-state index < -0.39 is 0 Å². The van der Waals surface area contributed by atoms with Crippen molar-refractivity contribution in [3.05, 3.63) is 70.6 Å². The summed E-state index contributed by atoms with van der Waals surface area (Å²) in [7, 11) is 0. The number of carbonyl (C=O) groups excluding carboxylic acids is 1. The van der Waals surface area contributed by atoms with Crippen LogP contribution in [0.15, 0.2) is 59.4 Å². The van der Waals surface area contributed by atoms with Crippen molar-refractivity contribution in [1.29, 1.82) is 0 Å². The first kappa shape index (κ1) is 19.7. The lowest BCUT2D eigenvalue weighted by Crippen LogP contribution is -2.56. The fourth-order valence-electron chi connectivity index (χ4n) is 7.23. The molecule has 1 atom stereocenters. The van der Waals surface area contributed by atoms with E-state index in [0.717, 1.165) is 17.8 Å². The standard InChI is InChI=1S/C27H29N3O2/c1-17(27-14-18-11-19(15-27)13-20(12-18)16-27)28-25(31)24-22-9-5-6-10-23(22)26(32)30(29-24)21-7-3-2-4-8-21/h2-10,17-20H,11-16H2,1H3,(H,28,31)/t17-,18?,19?,20?,27?/m1/s1. The maximum atomic E-state index is 13.6. The van der Waals surface area contributed by atoms with Gasteiger partial charge in [-0.2, -0.15) is 9.78 Å². The number of benzene rings is 2. The molecule has 1 amide bonds. The van der Waals surface area contributed by atoms with Crippen LogP contribution >= 0.6 is 0 Å². The first-order valence-corrected chi connectivity index (χ1v) is 11.9. The highest BCUT2D eigenvalue weighted by Gasteiger charge is 2.53. The van der Waals surface area contributed by atoms with Gasteiger partial charge >= 0.3 is 0 Å². The maximum absolute atomic E-state index is 13.6. The summed E-state index contributed by atoms with van der Waals surface area (Å²) >= 11 is 0. The van der Waals surface area contributed by atoms with Crippen LogP contribution in [0.3, 0.4) is 0 Å². The molecule has 1 N–H and O–H groups in total. The molecule has 0 unspecified atom stereocenters. The van der Waals surface area contributed by atoms with Crippen molar-refractivity contribution >= 4 is 16.7 Å². The summed E-state index contributed by atoms with van der Waals surface area (Å²) < 4.78 is 1.35. The average Bonchev–Trinajstić information content (AvgIpc) is 2.79. The van der Waals surface area contributed by atoms with Gasteiger partial charge in [0.05, 0.1) is 11.1 Å². The van der Waals surface area contributed by atoms with Crippen LogP contribution in [0.1, 0.15) is 55.9 Å². The lowest BCUT2D eigenvalue weighted by Gasteiger charge is -2.59. The van der Waals surface area contributed by atoms with Gasteiger partial charge in [-0.05, 0) is 86.8 Å². The highest BCUT2D eigenvalue weighted by Crippen LogP contribution is 2.61. The maximum Gasteiger partial charge on any atom is 0.279 e. The van der Waals surface area contributed by atoms with Gasteiger partial charge in [0.25, 0.3) is 11.5 Å². The zero-order valence-electron chi connectivity index (χ0n) is 18.5. The minimum Gasteiger partial charge on any atom is -0.348 e. The Morgan fingerprint density at radius 1 is 0.938 bits per heavy atom. The Morgan fingerprint density at radius 2 is 1.50 bits per heavy atom. The molecule has 7 rings (SSSR count). The van der Waals surface area contributed by atoms with E-state index in [1.807, 2.05) is 48.5 Å². The van der Waals surface area contributed by atoms with Crippen molar-refractivity contribution in [3.63, 3.8) is 0 Å². The van der Waals surface area contributed by atoms with Crippen LogP contribution in [0.25, 0.3) is 16.5 Å². The number of nitrogens with one attached hydrogen (secondary N) is 1. The molecular weight excluding hydrogens is 398 g/mol. The van der Waals surface area contributed by atoms with E-state index in [1.54, 1.807) is 6.07 Å². The van der Waals surface area contributed by atoms with Crippen LogP contribution in [0.4, 0.5) is 0 Å². The number of nitrogens with zero attached hydrogens (tertiary/aromatic N) is 2. The first-order chi connectivity index (χ1) is 15.5. The molecule has 4 aliphatic carbocycles. The normalized spacial score (nSPS) is 29.2. The van der Waals surface area contributed by atoms with E-state index in [9.17, 15) is 9.59 Å². The quantitative estimate of drug-likeness (QED) is 0.655. The Bertz CT molecular complexity index is 1210. The second-order valence-electron chi connectivity index (χ2n) is 10.4. The molecule has 5 heteroatoms. The van der Waals surface area contributed by atoms with Crippen LogP contribution in [-0.2, 0) is 0 Å². The number of para-hydroxylation sites is 1. The molecule has 1 heterocycles. The van der Waals surface area contributed by atoms with E-state index in [1.165, 1.54) is 43.2 Å². The molecule has 1 aromatic heterocycles. The van der Waals surface area contributed by atoms with Crippen molar-refractivity contribution in [2.45, 2.75) is 51.5 Å². The van der Waals surface area contributed by atoms with Crippen LogP contribution in [0, 0.1) is 23.2 Å². The van der Waals surface area contributed by atoms with Crippen molar-refractivity contribution in [2.75, 3.05) is 0 Å². The average molecular weight is 428 g/mol. The molecule has 3 aromatic rings. The van der Waals surface area contributed by atoms with Crippen LogP contribution in [0.2, 0.25) is 0 Å². The van der Waals surface area contributed by atoms with Gasteiger partial charge in [-0.1, -0.05) is 36.4 Å². The molecule has 2 aromatic carbocycles. The van der Waals surface area contributed by atoms with Gasteiger partial charge in [-0.25, -0.2) is 0 Å². The first-order valence-electron chi connectivity index (χ1n) is 11.9. The summed E-state index contributed by atoms with van der Waals surface area (Å²) in [5.41, 5.74) is 0.984. The molecule has 0 aliphatic heterocycles. The topological polar surface area (TPSA) is 64.0 Å². The Balaban J connectivity index is 1.37. The minimum absolute atomic E-state index is 0.0982. The van der Waals surface area contributed by atoms with E-state index in [0.29, 0.717) is 22.2 Å². The number of hydrogen-bond acceptors (Lipinski definition) is 3. The Hall–Kier alpha value is -2.95. The molecule has 4 fully saturated rings. The third-order valence-electron chi connectivity index (χ3n) is 8.37. The smallest absolute Gasteiger partial charge is 0.279 e. The molecule has 4 aliphatic rings. The molecule has 4 bridgehead atoms. The molecule has 164 valence electrons. The predicted octanol–water partition coefficient (Wildman–Crippen LogP) is 4.72. The number of rotatable bonds is 4. The zero-order chi connectivity index (χ0) is 21.9. The van der Waals surface area contributed by atoms with Crippen molar-refractivity contribution in [3.8, 4) is 5.69 Å². The van der Waals surface area contributed by atoms with Crippen molar-refractivity contribution < 1.29 is 4.79 Å². The van der Waals surface area contributed by atoms with Gasteiger partial charge in [0.15, 0.2) is 5.69 Å². The molecule has 0 radical (unpaired) electrons. The Labute approximate surface area is 187 Å². The Kier molecular flexibility index (Phi) is 4.49. The third kappa shape index (κ3) is 3.09. The van der Waals surface area contributed by atoms with E-state index in [4.69, 9.17) is 0 Å². The fraction of sp³-hybridized carbons (Fsp3) is 0.444. The van der Waals surface area contributed by atoms with Gasteiger partial charge in [0.2, 0.25) is 0 Å². The van der Waals surface area contributed by atoms with E-state index >= 15 is 0 Å². The lowest BCUT2D eigenvalue weighted by atomic mass is 9.48. The molecular formula is C27H29N3O2. The predicted molar refractivity (Wildman–Crippen MR) is 125 cm³/mol. The molecule has 0 saturated heterocycles. The summed E-state index contributed by atoms with van der Waals surface area (Å²) in [6.45, 7) is 2.18. The van der Waals surface area contributed by atoms with Gasteiger partial charge in [-0.15, -0.1) is 0 Å².